The first-order valence-corrected chi connectivity index (χ1v) is 14.8. The van der Waals surface area contributed by atoms with E-state index in [2.05, 4.69) is 0 Å². The molecular weight excluding hydrogens is 601 g/mol. The first-order chi connectivity index (χ1) is 38.1. The molecular formula is C50H32. The van der Waals surface area contributed by atoms with E-state index >= 15 is 0 Å². The largest absolute Gasteiger partial charge is 0.0636 e. The molecule has 0 spiro atoms. The molecule has 0 aliphatic heterocycles. The van der Waals surface area contributed by atoms with Gasteiger partial charge in [0.25, 0.3) is 0 Å². The molecule has 0 bridgehead atoms. The Morgan fingerprint density at radius 2 is 0.680 bits per heavy atom. The Balaban J connectivity index is 1.54. The smallest absolute Gasteiger partial charge is 0.0616 e. The minimum Gasteiger partial charge on any atom is -0.0616 e. The van der Waals surface area contributed by atoms with Gasteiger partial charge in [-0.25, -0.2) is 0 Å². The topological polar surface area (TPSA) is 0 Å². The normalized spacial score (nSPS) is 20.6. The van der Waals surface area contributed by atoms with Gasteiger partial charge in [-0.1, -0.05) is 175 Å². The molecule has 10 aromatic carbocycles. The Morgan fingerprint density at radius 1 is 0.240 bits per heavy atom. The van der Waals surface area contributed by atoms with Gasteiger partial charge >= 0.3 is 0 Å². The van der Waals surface area contributed by atoms with Gasteiger partial charge in [-0.3, -0.25) is 0 Å². The van der Waals surface area contributed by atoms with Crippen molar-refractivity contribution in [2.24, 2.45) is 0 Å². The number of hydrogen-bond donors (Lipinski definition) is 0. The Hall–Kier alpha value is -6.50. The summed E-state index contributed by atoms with van der Waals surface area (Å²) in [6.45, 7) is 0. The van der Waals surface area contributed by atoms with Gasteiger partial charge in [0.2, 0.25) is 0 Å². The van der Waals surface area contributed by atoms with Crippen molar-refractivity contribution in [3.8, 4) is 44.5 Å². The van der Waals surface area contributed by atoms with Crippen LogP contribution in [0.15, 0.2) is 193 Å². The van der Waals surface area contributed by atoms with Gasteiger partial charge in [0.15, 0.2) is 0 Å². The molecule has 0 heterocycles. The van der Waals surface area contributed by atoms with E-state index in [1.807, 2.05) is 0 Å². The van der Waals surface area contributed by atoms with Gasteiger partial charge in [0.1, 0.15) is 0 Å². The molecule has 0 nitrogen and oxygen atoms in total. The van der Waals surface area contributed by atoms with Gasteiger partial charge < -0.3 is 0 Å². The van der Waals surface area contributed by atoms with Crippen LogP contribution in [0.1, 0.15) is 43.9 Å². The molecule has 0 unspecified atom stereocenters. The average molecular weight is 665 g/mol. The van der Waals surface area contributed by atoms with Crippen LogP contribution >= 0.6 is 0 Å². The molecule has 0 aromatic heterocycles. The fourth-order valence-electron chi connectivity index (χ4n) is 5.72. The third-order valence-electron chi connectivity index (χ3n) is 7.94. The van der Waals surface area contributed by atoms with Crippen LogP contribution in [0.3, 0.4) is 0 Å². The quantitative estimate of drug-likeness (QED) is 0.164. The van der Waals surface area contributed by atoms with E-state index in [0.717, 1.165) is 0 Å². The summed E-state index contributed by atoms with van der Waals surface area (Å²) in [5, 5.41) is -7.61. The number of benzene rings is 10. The van der Waals surface area contributed by atoms with Crippen molar-refractivity contribution in [3.63, 3.8) is 0 Å². The average Bonchev–Trinajstić information content (AvgIpc) is 1.59. The zero-order valence-corrected chi connectivity index (χ0v) is 25.0. The molecule has 0 amide bonds. The van der Waals surface area contributed by atoms with Crippen LogP contribution in [0.4, 0.5) is 0 Å². The summed E-state index contributed by atoms with van der Waals surface area (Å²) in [5.74, 6) is 0. The van der Waals surface area contributed by atoms with E-state index in [0.29, 0.717) is 0 Å². The monoisotopic (exact) mass is 664 g/mol. The second-order valence-electron chi connectivity index (χ2n) is 10.8. The molecule has 0 aliphatic carbocycles. The van der Waals surface area contributed by atoms with Gasteiger partial charge in [-0.05, 0) is 116 Å². The fourth-order valence-corrected chi connectivity index (χ4v) is 5.72. The SMILES string of the molecule is [2H]c1c([2H])c(-c2c3c([2H])c([2H])c([2H])c([2H])c3c(-c3c([2H])c([2H])c([2H])c4c([2H])c([2H])c([2H])c([2H])c34)c3c([2H])c([2H])c(-c4c([2H])c([2H])c5c([2H])c([2H])c([2H])c([2H])c5c4[2H])c([2H])c23)c([2H])c([2H])c1-c1c([2H])c([2H])c2c([2H])c([2H])c([2H])c([2H])c2c1[2H]. The maximum Gasteiger partial charge on any atom is 0.0636 e. The lowest BCUT2D eigenvalue weighted by Gasteiger charge is -2.20. The zero-order valence-electron chi connectivity index (χ0n) is 57.0. The van der Waals surface area contributed by atoms with Crippen molar-refractivity contribution < 1.29 is 43.9 Å². The van der Waals surface area contributed by atoms with Crippen molar-refractivity contribution in [2.45, 2.75) is 0 Å². The molecule has 10 aromatic rings. The highest BCUT2D eigenvalue weighted by atomic mass is 14.2. The van der Waals surface area contributed by atoms with Crippen molar-refractivity contribution in [3.05, 3.63) is 193 Å². The Labute approximate surface area is 336 Å². The van der Waals surface area contributed by atoms with Crippen LogP contribution in [-0.2, 0) is 0 Å². The van der Waals surface area contributed by atoms with E-state index < -0.39 is 292 Å². The summed E-state index contributed by atoms with van der Waals surface area (Å²) in [7, 11) is 0. The van der Waals surface area contributed by atoms with Crippen molar-refractivity contribution in [2.75, 3.05) is 0 Å². The van der Waals surface area contributed by atoms with Crippen molar-refractivity contribution >= 4 is 53.9 Å². The van der Waals surface area contributed by atoms with Crippen LogP contribution in [-0.4, -0.2) is 0 Å². The lowest BCUT2D eigenvalue weighted by atomic mass is 9.83. The molecule has 0 fully saturated rings. The maximum atomic E-state index is 10.2. The van der Waals surface area contributed by atoms with Crippen LogP contribution in [0.2, 0.25) is 0 Å². The highest BCUT2D eigenvalue weighted by molar-refractivity contribution is 6.24. The van der Waals surface area contributed by atoms with Crippen LogP contribution < -0.4 is 0 Å². The molecule has 50 heavy (non-hydrogen) atoms. The lowest BCUT2D eigenvalue weighted by Crippen LogP contribution is -1.92. The molecule has 10 rings (SSSR count). The zero-order chi connectivity index (χ0) is 60.9. The third-order valence-corrected chi connectivity index (χ3v) is 7.94. The van der Waals surface area contributed by atoms with Crippen LogP contribution in [0.5, 0.6) is 0 Å². The third kappa shape index (κ3) is 4.69. The summed E-state index contributed by atoms with van der Waals surface area (Å²) < 4.78 is 291. The summed E-state index contributed by atoms with van der Waals surface area (Å²) in [5.41, 5.74) is -7.27. The second-order valence-corrected chi connectivity index (χ2v) is 10.8. The van der Waals surface area contributed by atoms with Gasteiger partial charge in [0, 0.05) is 0 Å². The number of fused-ring (bicyclic) bond motifs is 5. The summed E-state index contributed by atoms with van der Waals surface area (Å²) in [6.07, 6.45) is 0. The highest BCUT2D eigenvalue weighted by Crippen LogP contribution is 2.46. The summed E-state index contributed by atoms with van der Waals surface area (Å²) >= 11 is 0. The first kappa shape index (κ1) is 11.0. The van der Waals surface area contributed by atoms with E-state index in [1.54, 1.807) is 0 Å². The standard InChI is InChI=1S/C50H32/c1-3-13-38-30-40(26-22-33(38)10-1)35-20-24-37(25-21-35)49-45-17-7-8-18-46(45)50(44-19-9-15-36-12-5-6-16-43(36)44)47-29-28-42(32-48(47)49)41-27-23-34-11-2-4-14-39(34)31-41/h1-32H/i1D,2D,3D,4D,5D,6D,7D,8D,9D,10D,11D,12D,13D,14D,15D,16D,17D,18D,19D,20D,21D,22D,23D,24D,25D,26D,27D,28D,29D,30D,31D,32D. The molecule has 0 saturated heterocycles. The van der Waals surface area contributed by atoms with Gasteiger partial charge in [-0.15, -0.1) is 0 Å². The number of hydrogen-bond acceptors (Lipinski definition) is 0. The second kappa shape index (κ2) is 11.6. The molecule has 0 radical (unpaired) electrons. The molecule has 0 aliphatic rings. The van der Waals surface area contributed by atoms with Gasteiger partial charge in [-0.2, -0.15) is 0 Å². The van der Waals surface area contributed by atoms with Crippen LogP contribution in [0, 0.1) is 0 Å². The molecule has 0 heteroatoms. The predicted molar refractivity (Wildman–Crippen MR) is 216 cm³/mol. The van der Waals surface area contributed by atoms with E-state index in [9.17, 15) is 19.2 Å². The molecule has 232 valence electrons. The fraction of sp³-hybridized carbons (Fsp3) is 0. The molecule has 0 N–H and O–H groups in total. The van der Waals surface area contributed by atoms with Crippen molar-refractivity contribution in [1.82, 2.24) is 0 Å². The first-order valence-electron chi connectivity index (χ1n) is 30.8. The maximum absolute atomic E-state index is 10.2. The van der Waals surface area contributed by atoms with E-state index in [1.165, 1.54) is 0 Å². The Morgan fingerprint density at radius 3 is 1.36 bits per heavy atom. The highest BCUT2D eigenvalue weighted by Gasteiger charge is 2.19. The summed E-state index contributed by atoms with van der Waals surface area (Å²) in [4.78, 5) is 0. The van der Waals surface area contributed by atoms with Crippen LogP contribution in [0.25, 0.3) is 98.4 Å². The van der Waals surface area contributed by atoms with Crippen molar-refractivity contribution in [1.29, 1.82) is 0 Å². The van der Waals surface area contributed by atoms with E-state index in [4.69, 9.17) is 24.7 Å². The minimum absolute atomic E-state index is 0.590. The lowest BCUT2D eigenvalue weighted by molar-refractivity contribution is 1.62. The van der Waals surface area contributed by atoms with Gasteiger partial charge in [0.05, 0.1) is 43.9 Å². The number of rotatable bonds is 4. The summed E-state index contributed by atoms with van der Waals surface area (Å²) in [6, 6.07) is -32.4. The minimum atomic E-state index is -1.22. The Bertz CT molecular complexity index is 4720. The van der Waals surface area contributed by atoms with E-state index in [-0.39, 0.29) is 0 Å². The Kier molecular flexibility index (Phi) is 2.55. The molecule has 0 atom stereocenters. The molecule has 0 saturated carbocycles. The predicted octanol–water partition coefficient (Wildman–Crippen LogP) is 14.1.